The molecule has 0 atom stereocenters. The third-order valence-corrected chi connectivity index (χ3v) is 6.42. The maximum atomic E-state index is 12.8. The highest BCUT2D eigenvalue weighted by atomic mass is 32.2. The molecule has 0 saturated carbocycles. The second-order valence-corrected chi connectivity index (χ2v) is 7.99. The molecule has 5 nitrogen and oxygen atoms in total. The van der Waals surface area contributed by atoms with Gasteiger partial charge in [-0.1, -0.05) is 12.1 Å². The Morgan fingerprint density at radius 3 is 2.43 bits per heavy atom. The largest absolute Gasteiger partial charge is 0.397 e. The van der Waals surface area contributed by atoms with E-state index < -0.39 is 10.0 Å². The van der Waals surface area contributed by atoms with Crippen molar-refractivity contribution >= 4 is 27.0 Å². The highest BCUT2D eigenvalue weighted by Crippen LogP contribution is 2.29. The van der Waals surface area contributed by atoms with Gasteiger partial charge in [0, 0.05) is 18.5 Å². The van der Waals surface area contributed by atoms with Crippen LogP contribution < -0.4 is 5.73 Å². The molecule has 1 aromatic heterocycles. The molecule has 0 saturated heterocycles. The highest BCUT2D eigenvalue weighted by molar-refractivity contribution is 7.89. The topological polar surface area (TPSA) is 76.3 Å². The number of aryl methyl sites for hydroxylation is 3. The molecule has 0 aliphatic rings. The zero-order valence-electron chi connectivity index (χ0n) is 12.5. The number of benzene rings is 1. The third kappa shape index (κ3) is 2.95. The fourth-order valence-corrected chi connectivity index (χ4v) is 4.51. The average molecular weight is 325 g/mol. The molecule has 0 aliphatic carbocycles. The number of nitrogens with two attached hydrogens (primary N) is 1. The molecule has 0 radical (unpaired) electrons. The van der Waals surface area contributed by atoms with Crippen LogP contribution in [0.1, 0.15) is 21.7 Å². The van der Waals surface area contributed by atoms with Crippen molar-refractivity contribution in [1.82, 2.24) is 9.29 Å². The standard InChI is InChI=1S/C14H19N3O2S2/c1-9-5-6-10(2)14(13(9)15)21(18,19)17(4)7-12-11(3)16-8-20-12/h5-6,8H,7,15H2,1-4H3. The maximum Gasteiger partial charge on any atom is 0.245 e. The molecule has 114 valence electrons. The first-order valence-electron chi connectivity index (χ1n) is 6.46. The summed E-state index contributed by atoms with van der Waals surface area (Å²) in [5.41, 5.74) is 10.3. The summed E-state index contributed by atoms with van der Waals surface area (Å²) >= 11 is 1.45. The first-order chi connectivity index (χ1) is 9.75. The van der Waals surface area contributed by atoms with Crippen LogP contribution in [-0.2, 0) is 16.6 Å². The monoisotopic (exact) mass is 325 g/mol. The van der Waals surface area contributed by atoms with E-state index in [4.69, 9.17) is 5.73 Å². The summed E-state index contributed by atoms with van der Waals surface area (Å²) in [5, 5.41) is 0. The summed E-state index contributed by atoms with van der Waals surface area (Å²) in [7, 11) is -2.06. The van der Waals surface area contributed by atoms with Gasteiger partial charge in [-0.2, -0.15) is 4.31 Å². The Hall–Kier alpha value is -1.44. The van der Waals surface area contributed by atoms with Crippen LogP contribution in [-0.4, -0.2) is 24.8 Å². The fraction of sp³-hybridized carbons (Fsp3) is 0.357. The number of nitrogen functional groups attached to an aromatic ring is 1. The Morgan fingerprint density at radius 2 is 1.86 bits per heavy atom. The van der Waals surface area contributed by atoms with E-state index in [1.165, 1.54) is 15.6 Å². The van der Waals surface area contributed by atoms with Gasteiger partial charge < -0.3 is 5.73 Å². The average Bonchev–Trinajstić information content (AvgIpc) is 2.80. The number of aromatic nitrogens is 1. The lowest BCUT2D eigenvalue weighted by atomic mass is 10.1. The first kappa shape index (κ1) is 15.9. The summed E-state index contributed by atoms with van der Waals surface area (Å²) in [6.45, 7) is 5.74. The van der Waals surface area contributed by atoms with Crippen molar-refractivity contribution in [3.8, 4) is 0 Å². The molecule has 2 N–H and O–H groups in total. The molecule has 0 aliphatic heterocycles. The van der Waals surface area contributed by atoms with Gasteiger partial charge in [-0.15, -0.1) is 11.3 Å². The van der Waals surface area contributed by atoms with Gasteiger partial charge in [0.15, 0.2) is 0 Å². The molecule has 0 bridgehead atoms. The molecule has 1 heterocycles. The lowest BCUT2D eigenvalue weighted by Crippen LogP contribution is -2.28. The molecule has 2 aromatic rings. The highest BCUT2D eigenvalue weighted by Gasteiger charge is 2.26. The number of hydrogen-bond acceptors (Lipinski definition) is 5. The number of hydrogen-bond donors (Lipinski definition) is 1. The Labute approximate surface area is 129 Å². The quantitative estimate of drug-likeness (QED) is 0.876. The predicted molar refractivity (Wildman–Crippen MR) is 85.8 cm³/mol. The first-order valence-corrected chi connectivity index (χ1v) is 8.78. The normalized spacial score (nSPS) is 12.0. The van der Waals surface area contributed by atoms with Crippen molar-refractivity contribution in [1.29, 1.82) is 0 Å². The molecular formula is C14H19N3O2S2. The lowest BCUT2D eigenvalue weighted by molar-refractivity contribution is 0.468. The Kier molecular flexibility index (Phi) is 4.36. The zero-order chi connectivity index (χ0) is 15.8. The van der Waals surface area contributed by atoms with E-state index in [1.807, 2.05) is 13.0 Å². The van der Waals surface area contributed by atoms with Crippen molar-refractivity contribution in [3.63, 3.8) is 0 Å². The van der Waals surface area contributed by atoms with Crippen molar-refractivity contribution in [3.05, 3.63) is 39.3 Å². The second-order valence-electron chi connectivity index (χ2n) is 5.06. The summed E-state index contributed by atoms with van der Waals surface area (Å²) in [4.78, 5) is 5.28. The van der Waals surface area contributed by atoms with Crippen LogP contribution in [0.3, 0.4) is 0 Å². The minimum atomic E-state index is -3.63. The van der Waals surface area contributed by atoms with Crippen molar-refractivity contribution in [2.45, 2.75) is 32.2 Å². The summed E-state index contributed by atoms with van der Waals surface area (Å²) < 4.78 is 26.9. The number of anilines is 1. The van der Waals surface area contributed by atoms with Crippen LogP contribution in [0, 0.1) is 20.8 Å². The molecule has 0 spiro atoms. The van der Waals surface area contributed by atoms with Crippen LogP contribution in [0.25, 0.3) is 0 Å². The van der Waals surface area contributed by atoms with Crippen molar-refractivity contribution < 1.29 is 8.42 Å². The van der Waals surface area contributed by atoms with Crippen LogP contribution in [0.2, 0.25) is 0 Å². The van der Waals surface area contributed by atoms with Gasteiger partial charge in [-0.05, 0) is 31.9 Å². The SMILES string of the molecule is Cc1ccc(C)c(S(=O)(=O)N(C)Cc2scnc2C)c1N. The van der Waals surface area contributed by atoms with Gasteiger partial charge >= 0.3 is 0 Å². The number of sulfonamides is 1. The number of nitrogens with zero attached hydrogens (tertiary/aromatic N) is 2. The van der Waals surface area contributed by atoms with Gasteiger partial charge in [0.25, 0.3) is 0 Å². The molecule has 0 fully saturated rings. The third-order valence-electron chi connectivity index (χ3n) is 3.49. The van der Waals surface area contributed by atoms with Crippen LogP contribution in [0.5, 0.6) is 0 Å². The fourth-order valence-electron chi connectivity index (χ4n) is 2.07. The maximum absolute atomic E-state index is 12.8. The van der Waals surface area contributed by atoms with Crippen molar-refractivity contribution in [2.24, 2.45) is 0 Å². The summed E-state index contributed by atoms with van der Waals surface area (Å²) in [5.74, 6) is 0. The Bertz CT molecular complexity index is 767. The molecule has 2 rings (SSSR count). The number of rotatable bonds is 4. The van der Waals surface area contributed by atoms with Gasteiger partial charge in [0.2, 0.25) is 10.0 Å². The lowest BCUT2D eigenvalue weighted by Gasteiger charge is -2.20. The summed E-state index contributed by atoms with van der Waals surface area (Å²) in [6, 6.07) is 3.61. The molecular weight excluding hydrogens is 306 g/mol. The van der Waals surface area contributed by atoms with Gasteiger partial charge in [0.05, 0.1) is 16.9 Å². The second kappa shape index (κ2) is 5.75. The van der Waals surface area contributed by atoms with Gasteiger partial charge in [0.1, 0.15) is 4.90 Å². The molecule has 0 amide bonds. The van der Waals surface area contributed by atoms with E-state index in [0.717, 1.165) is 16.1 Å². The predicted octanol–water partition coefficient (Wildman–Crippen LogP) is 2.47. The van der Waals surface area contributed by atoms with Crippen LogP contribution in [0.15, 0.2) is 22.5 Å². The van der Waals surface area contributed by atoms with Crippen molar-refractivity contribution in [2.75, 3.05) is 12.8 Å². The van der Waals surface area contributed by atoms with Crippen LogP contribution >= 0.6 is 11.3 Å². The van der Waals surface area contributed by atoms with E-state index in [2.05, 4.69) is 4.98 Å². The minimum absolute atomic E-state index is 0.201. The smallest absolute Gasteiger partial charge is 0.245 e. The Balaban J connectivity index is 2.43. The summed E-state index contributed by atoms with van der Waals surface area (Å²) in [6.07, 6.45) is 0. The Morgan fingerprint density at radius 1 is 1.24 bits per heavy atom. The molecule has 7 heteroatoms. The van der Waals surface area contributed by atoms with E-state index in [1.54, 1.807) is 32.5 Å². The minimum Gasteiger partial charge on any atom is -0.397 e. The van der Waals surface area contributed by atoms with Gasteiger partial charge in [-0.25, -0.2) is 13.4 Å². The van der Waals surface area contributed by atoms with E-state index in [9.17, 15) is 8.42 Å². The van der Waals surface area contributed by atoms with E-state index in [0.29, 0.717) is 17.8 Å². The van der Waals surface area contributed by atoms with Gasteiger partial charge in [-0.3, -0.25) is 0 Å². The van der Waals surface area contributed by atoms with E-state index in [-0.39, 0.29) is 4.90 Å². The molecule has 1 aromatic carbocycles. The number of thiazole rings is 1. The zero-order valence-corrected chi connectivity index (χ0v) is 14.2. The molecule has 0 unspecified atom stereocenters. The van der Waals surface area contributed by atoms with E-state index >= 15 is 0 Å². The molecule has 21 heavy (non-hydrogen) atoms. The van der Waals surface area contributed by atoms with Crippen LogP contribution in [0.4, 0.5) is 5.69 Å².